The molecule has 2 rings (SSSR count). The summed E-state index contributed by atoms with van der Waals surface area (Å²) in [5, 5.41) is 4.39. The summed E-state index contributed by atoms with van der Waals surface area (Å²) in [5.74, 6) is 1.94. The molecule has 0 fully saturated rings. The van der Waals surface area contributed by atoms with E-state index < -0.39 is 0 Å². The van der Waals surface area contributed by atoms with Crippen LogP contribution in [0, 0.1) is 12.8 Å². The van der Waals surface area contributed by atoms with Crippen molar-refractivity contribution in [3.05, 3.63) is 47.3 Å². The molecular weight excluding hydrogens is 272 g/mol. The fourth-order valence-electron chi connectivity index (χ4n) is 2.51. The number of aryl methyl sites for hydroxylation is 2. The standard InChI is InChI=1S/C16H21ClN2O/c1-12-8-15(19(2)18-12)10-13(11-17)9-14-6-4-5-7-16(14)20-3/h4-8,13H,9-11H2,1-3H3. The third-order valence-corrected chi connectivity index (χ3v) is 3.95. The first kappa shape index (κ1) is 14.9. The number of alkyl halides is 1. The van der Waals surface area contributed by atoms with Gasteiger partial charge in [0, 0.05) is 18.6 Å². The van der Waals surface area contributed by atoms with Crippen molar-refractivity contribution in [1.82, 2.24) is 9.78 Å². The van der Waals surface area contributed by atoms with E-state index in [4.69, 9.17) is 16.3 Å². The van der Waals surface area contributed by atoms with Gasteiger partial charge >= 0.3 is 0 Å². The van der Waals surface area contributed by atoms with Gasteiger partial charge in [0.1, 0.15) is 5.75 Å². The van der Waals surface area contributed by atoms with Crippen molar-refractivity contribution in [3.63, 3.8) is 0 Å². The molecule has 0 aliphatic carbocycles. The van der Waals surface area contributed by atoms with Crippen molar-refractivity contribution in [3.8, 4) is 5.75 Å². The van der Waals surface area contributed by atoms with Crippen molar-refractivity contribution in [2.24, 2.45) is 13.0 Å². The second kappa shape index (κ2) is 6.80. The Kier molecular flexibility index (Phi) is 5.07. The van der Waals surface area contributed by atoms with E-state index >= 15 is 0 Å². The fourth-order valence-corrected chi connectivity index (χ4v) is 2.73. The largest absolute Gasteiger partial charge is 0.496 e. The minimum Gasteiger partial charge on any atom is -0.496 e. The molecule has 0 aliphatic rings. The van der Waals surface area contributed by atoms with Gasteiger partial charge < -0.3 is 4.74 Å². The van der Waals surface area contributed by atoms with Gasteiger partial charge in [0.2, 0.25) is 0 Å². The van der Waals surface area contributed by atoms with Crippen molar-refractivity contribution < 1.29 is 4.74 Å². The van der Waals surface area contributed by atoms with Crippen LogP contribution in [0.5, 0.6) is 5.75 Å². The lowest BCUT2D eigenvalue weighted by Crippen LogP contribution is -2.13. The molecule has 0 amide bonds. The summed E-state index contributed by atoms with van der Waals surface area (Å²) in [7, 11) is 3.69. The average Bonchev–Trinajstić information content (AvgIpc) is 2.76. The summed E-state index contributed by atoms with van der Waals surface area (Å²) in [6.07, 6.45) is 1.84. The van der Waals surface area contributed by atoms with E-state index in [1.54, 1.807) is 7.11 Å². The minimum atomic E-state index is 0.378. The number of hydrogen-bond donors (Lipinski definition) is 0. The molecule has 0 aliphatic heterocycles. The number of rotatable bonds is 6. The quantitative estimate of drug-likeness (QED) is 0.763. The molecule has 1 atom stereocenters. The molecule has 0 saturated carbocycles. The Morgan fingerprint density at radius 1 is 1.30 bits per heavy atom. The van der Waals surface area contributed by atoms with Gasteiger partial charge in [-0.15, -0.1) is 11.6 Å². The molecule has 1 aromatic heterocycles. The molecule has 0 bridgehead atoms. The van der Waals surface area contributed by atoms with Crippen molar-refractivity contribution >= 4 is 11.6 Å². The monoisotopic (exact) mass is 292 g/mol. The van der Waals surface area contributed by atoms with E-state index in [0.717, 1.165) is 24.3 Å². The highest BCUT2D eigenvalue weighted by atomic mass is 35.5. The minimum absolute atomic E-state index is 0.378. The summed E-state index contributed by atoms with van der Waals surface area (Å²) in [4.78, 5) is 0. The van der Waals surface area contributed by atoms with Crippen molar-refractivity contribution in [1.29, 1.82) is 0 Å². The summed E-state index contributed by atoms with van der Waals surface area (Å²) < 4.78 is 7.35. The second-order valence-electron chi connectivity index (χ2n) is 5.14. The molecule has 4 heteroatoms. The van der Waals surface area contributed by atoms with Gasteiger partial charge in [0.05, 0.1) is 12.8 Å². The third kappa shape index (κ3) is 3.54. The molecule has 0 N–H and O–H groups in total. The number of halogens is 1. The number of aromatic nitrogens is 2. The zero-order valence-electron chi connectivity index (χ0n) is 12.3. The molecule has 108 valence electrons. The van der Waals surface area contributed by atoms with Gasteiger partial charge in [-0.2, -0.15) is 5.10 Å². The Bertz CT molecular complexity index is 565. The van der Waals surface area contributed by atoms with Crippen LogP contribution in [0.15, 0.2) is 30.3 Å². The van der Waals surface area contributed by atoms with Gasteiger partial charge in [-0.3, -0.25) is 4.68 Å². The van der Waals surface area contributed by atoms with Crippen LogP contribution >= 0.6 is 11.6 Å². The molecule has 0 radical (unpaired) electrons. The first-order valence-electron chi connectivity index (χ1n) is 6.81. The molecule has 3 nitrogen and oxygen atoms in total. The zero-order chi connectivity index (χ0) is 14.5. The molecule has 1 heterocycles. The van der Waals surface area contributed by atoms with E-state index in [1.165, 1.54) is 11.3 Å². The number of nitrogens with zero attached hydrogens (tertiary/aromatic N) is 2. The van der Waals surface area contributed by atoms with Crippen molar-refractivity contribution in [2.75, 3.05) is 13.0 Å². The second-order valence-corrected chi connectivity index (χ2v) is 5.45. The molecular formula is C16H21ClN2O. The van der Waals surface area contributed by atoms with E-state index in [2.05, 4.69) is 17.2 Å². The lowest BCUT2D eigenvalue weighted by atomic mass is 9.95. The maximum Gasteiger partial charge on any atom is 0.122 e. The highest BCUT2D eigenvalue weighted by molar-refractivity contribution is 6.18. The zero-order valence-corrected chi connectivity index (χ0v) is 13.0. The maximum absolute atomic E-state index is 6.15. The first-order chi connectivity index (χ1) is 9.63. The third-order valence-electron chi connectivity index (χ3n) is 3.52. The first-order valence-corrected chi connectivity index (χ1v) is 7.35. The number of benzene rings is 1. The number of hydrogen-bond acceptors (Lipinski definition) is 2. The van der Waals surface area contributed by atoms with Gasteiger partial charge in [-0.1, -0.05) is 18.2 Å². The van der Waals surface area contributed by atoms with Gasteiger partial charge in [-0.05, 0) is 43.4 Å². The summed E-state index contributed by atoms with van der Waals surface area (Å²) >= 11 is 6.15. The van der Waals surface area contributed by atoms with Crippen LogP contribution in [-0.4, -0.2) is 22.8 Å². The Morgan fingerprint density at radius 3 is 2.65 bits per heavy atom. The topological polar surface area (TPSA) is 27.1 Å². The van der Waals surface area contributed by atoms with Crippen LogP contribution in [0.1, 0.15) is 17.0 Å². The Labute approximate surface area is 125 Å². The number of para-hydroxylation sites is 1. The van der Waals surface area contributed by atoms with Crippen LogP contribution in [0.4, 0.5) is 0 Å². The SMILES string of the molecule is COc1ccccc1CC(CCl)Cc1cc(C)nn1C. The lowest BCUT2D eigenvalue weighted by molar-refractivity contribution is 0.405. The predicted octanol–water partition coefficient (Wildman–Crippen LogP) is 3.38. The number of methoxy groups -OCH3 is 1. The van der Waals surface area contributed by atoms with Crippen molar-refractivity contribution in [2.45, 2.75) is 19.8 Å². The van der Waals surface area contributed by atoms with E-state index in [9.17, 15) is 0 Å². The highest BCUT2D eigenvalue weighted by Gasteiger charge is 2.14. The smallest absolute Gasteiger partial charge is 0.122 e. The Balaban J connectivity index is 2.11. The molecule has 0 spiro atoms. The van der Waals surface area contributed by atoms with E-state index in [-0.39, 0.29) is 0 Å². The van der Waals surface area contributed by atoms with Gasteiger partial charge in [0.15, 0.2) is 0 Å². The lowest BCUT2D eigenvalue weighted by Gasteiger charge is -2.16. The van der Waals surface area contributed by atoms with E-state index in [0.29, 0.717) is 11.8 Å². The summed E-state index contributed by atoms with van der Waals surface area (Å²) in [6, 6.07) is 10.3. The Morgan fingerprint density at radius 2 is 2.05 bits per heavy atom. The predicted molar refractivity (Wildman–Crippen MR) is 82.6 cm³/mol. The molecule has 20 heavy (non-hydrogen) atoms. The highest BCUT2D eigenvalue weighted by Crippen LogP contribution is 2.23. The van der Waals surface area contributed by atoms with E-state index in [1.807, 2.05) is 36.9 Å². The molecule has 1 aromatic carbocycles. The maximum atomic E-state index is 6.15. The fraction of sp³-hybridized carbons (Fsp3) is 0.438. The summed E-state index contributed by atoms with van der Waals surface area (Å²) in [5.41, 5.74) is 3.48. The normalized spacial score (nSPS) is 12.4. The molecule has 0 saturated heterocycles. The van der Waals surface area contributed by atoms with Gasteiger partial charge in [0.25, 0.3) is 0 Å². The van der Waals surface area contributed by atoms with Crippen LogP contribution < -0.4 is 4.74 Å². The van der Waals surface area contributed by atoms with Crippen LogP contribution in [0.2, 0.25) is 0 Å². The number of ether oxygens (including phenoxy) is 1. The molecule has 2 aromatic rings. The van der Waals surface area contributed by atoms with Crippen LogP contribution in [-0.2, 0) is 19.9 Å². The Hall–Kier alpha value is -1.48. The van der Waals surface area contributed by atoms with Crippen LogP contribution in [0.3, 0.4) is 0 Å². The average molecular weight is 293 g/mol. The van der Waals surface area contributed by atoms with Gasteiger partial charge in [-0.25, -0.2) is 0 Å². The molecule has 1 unspecified atom stereocenters. The van der Waals surface area contributed by atoms with Crippen LogP contribution in [0.25, 0.3) is 0 Å². The summed E-state index contributed by atoms with van der Waals surface area (Å²) in [6.45, 7) is 2.01.